The largest absolute Gasteiger partial charge is 0.341 e. The number of benzene rings is 1. The van der Waals surface area contributed by atoms with Gasteiger partial charge in [-0.2, -0.15) is 0 Å². The standard InChI is InChI=1S/C23H26BrN3O3S/c1-15(2)12-27-22(29)20(31-23(27)30)10-16-13-26(19-7-6-17(24)11-18(16)19)14-21(28)25-8-4-3-5-9-25/h6-7,10-11,13,15H,3-5,8-9,12,14H2,1-2H3/b20-10-. The SMILES string of the molecule is CC(C)CN1C(=O)S/C(=C\c2cn(CC(=O)N3CCCCC3)c3ccc(Br)cc23)C1=O. The average Bonchev–Trinajstić information content (AvgIpc) is 3.20. The molecule has 2 fully saturated rings. The van der Waals surface area contributed by atoms with Crippen molar-refractivity contribution in [2.24, 2.45) is 5.92 Å². The molecular weight excluding hydrogens is 478 g/mol. The van der Waals surface area contributed by atoms with Crippen LogP contribution in [-0.2, 0) is 16.1 Å². The van der Waals surface area contributed by atoms with Gasteiger partial charge in [0.25, 0.3) is 11.1 Å². The van der Waals surface area contributed by atoms with Gasteiger partial charge in [-0.15, -0.1) is 0 Å². The molecular formula is C23H26BrN3O3S. The van der Waals surface area contributed by atoms with E-state index in [9.17, 15) is 14.4 Å². The van der Waals surface area contributed by atoms with E-state index in [0.29, 0.717) is 11.4 Å². The normalized spacial score (nSPS) is 18.8. The highest BCUT2D eigenvalue weighted by Crippen LogP contribution is 2.35. The Kier molecular flexibility index (Phi) is 6.57. The van der Waals surface area contributed by atoms with Crippen LogP contribution in [0.5, 0.6) is 0 Å². The third kappa shape index (κ3) is 4.75. The fourth-order valence-corrected chi connectivity index (χ4v) is 5.30. The van der Waals surface area contributed by atoms with Crippen molar-refractivity contribution >= 4 is 61.7 Å². The quantitative estimate of drug-likeness (QED) is 0.531. The lowest BCUT2D eigenvalue weighted by Gasteiger charge is -2.27. The minimum Gasteiger partial charge on any atom is -0.341 e. The molecule has 8 heteroatoms. The van der Waals surface area contributed by atoms with Crippen molar-refractivity contribution in [1.29, 1.82) is 0 Å². The molecule has 1 aromatic carbocycles. The fraction of sp³-hybridized carbons (Fsp3) is 0.435. The molecule has 0 saturated carbocycles. The summed E-state index contributed by atoms with van der Waals surface area (Å²) in [6, 6.07) is 5.91. The van der Waals surface area contributed by atoms with Crippen LogP contribution in [0.4, 0.5) is 4.79 Å². The Balaban J connectivity index is 1.66. The molecule has 0 unspecified atom stereocenters. The molecule has 2 aliphatic rings. The molecule has 31 heavy (non-hydrogen) atoms. The topological polar surface area (TPSA) is 62.6 Å². The predicted octanol–water partition coefficient (Wildman–Crippen LogP) is 5.11. The van der Waals surface area contributed by atoms with Crippen LogP contribution in [-0.4, -0.2) is 51.1 Å². The molecule has 0 N–H and O–H groups in total. The van der Waals surface area contributed by atoms with Gasteiger partial charge in [0, 0.05) is 46.8 Å². The second kappa shape index (κ2) is 9.20. The number of imide groups is 1. The number of thioether (sulfide) groups is 1. The van der Waals surface area contributed by atoms with Crippen molar-refractivity contribution in [3.05, 3.63) is 39.3 Å². The van der Waals surface area contributed by atoms with Gasteiger partial charge in [0.15, 0.2) is 0 Å². The number of carbonyl (C=O) groups excluding carboxylic acids is 3. The smallest absolute Gasteiger partial charge is 0.293 e. The van der Waals surface area contributed by atoms with Crippen LogP contribution in [0.15, 0.2) is 33.8 Å². The predicted molar refractivity (Wildman–Crippen MR) is 128 cm³/mol. The molecule has 0 atom stereocenters. The number of amides is 3. The summed E-state index contributed by atoms with van der Waals surface area (Å²) in [6.07, 6.45) is 6.99. The summed E-state index contributed by atoms with van der Waals surface area (Å²) >= 11 is 4.50. The van der Waals surface area contributed by atoms with E-state index in [1.807, 2.05) is 47.7 Å². The van der Waals surface area contributed by atoms with E-state index in [4.69, 9.17) is 0 Å². The van der Waals surface area contributed by atoms with Crippen molar-refractivity contribution in [2.45, 2.75) is 39.7 Å². The minimum absolute atomic E-state index is 0.114. The maximum atomic E-state index is 12.8. The highest BCUT2D eigenvalue weighted by molar-refractivity contribution is 9.10. The number of nitrogens with zero attached hydrogens (tertiary/aromatic N) is 3. The van der Waals surface area contributed by atoms with Gasteiger partial charge in [0.2, 0.25) is 5.91 Å². The third-order valence-electron chi connectivity index (χ3n) is 5.60. The second-order valence-corrected chi connectivity index (χ2v) is 10.4. The highest BCUT2D eigenvalue weighted by Gasteiger charge is 2.35. The number of halogens is 1. The molecule has 0 bridgehead atoms. The summed E-state index contributed by atoms with van der Waals surface area (Å²) in [5.41, 5.74) is 1.76. The summed E-state index contributed by atoms with van der Waals surface area (Å²) in [7, 11) is 0. The number of piperidine rings is 1. The van der Waals surface area contributed by atoms with Crippen molar-refractivity contribution < 1.29 is 14.4 Å². The molecule has 2 saturated heterocycles. The van der Waals surface area contributed by atoms with Crippen molar-refractivity contribution in [2.75, 3.05) is 19.6 Å². The van der Waals surface area contributed by atoms with Crippen molar-refractivity contribution in [3.63, 3.8) is 0 Å². The van der Waals surface area contributed by atoms with Crippen LogP contribution in [0.25, 0.3) is 17.0 Å². The summed E-state index contributed by atoms with van der Waals surface area (Å²) in [5.74, 6) is 0.0823. The molecule has 0 spiro atoms. The molecule has 0 aliphatic carbocycles. The Morgan fingerprint density at radius 3 is 2.65 bits per heavy atom. The number of likely N-dealkylation sites (tertiary alicyclic amines) is 1. The number of hydrogen-bond acceptors (Lipinski definition) is 4. The number of aromatic nitrogens is 1. The Bertz CT molecular complexity index is 1070. The lowest BCUT2D eigenvalue weighted by Crippen LogP contribution is -2.37. The minimum atomic E-state index is -0.246. The van der Waals surface area contributed by atoms with Gasteiger partial charge in [-0.05, 0) is 61.2 Å². The molecule has 3 heterocycles. The Morgan fingerprint density at radius 1 is 1.19 bits per heavy atom. The first-order chi connectivity index (χ1) is 14.8. The van der Waals surface area contributed by atoms with Crippen LogP contribution < -0.4 is 0 Å². The lowest BCUT2D eigenvalue weighted by molar-refractivity contribution is -0.132. The van der Waals surface area contributed by atoms with E-state index in [1.165, 1.54) is 11.3 Å². The van der Waals surface area contributed by atoms with Crippen LogP contribution in [0.3, 0.4) is 0 Å². The summed E-state index contributed by atoms with van der Waals surface area (Å²) in [6.45, 7) is 6.29. The van der Waals surface area contributed by atoms with E-state index in [2.05, 4.69) is 15.9 Å². The Morgan fingerprint density at radius 2 is 1.94 bits per heavy atom. The van der Waals surface area contributed by atoms with E-state index in [1.54, 1.807) is 6.08 Å². The van der Waals surface area contributed by atoms with E-state index >= 15 is 0 Å². The summed E-state index contributed by atoms with van der Waals surface area (Å²) < 4.78 is 2.87. The highest BCUT2D eigenvalue weighted by atomic mass is 79.9. The van der Waals surface area contributed by atoms with Gasteiger partial charge in [0.1, 0.15) is 6.54 Å². The van der Waals surface area contributed by atoms with E-state index < -0.39 is 0 Å². The first kappa shape index (κ1) is 22.1. The van der Waals surface area contributed by atoms with Gasteiger partial charge < -0.3 is 9.47 Å². The monoisotopic (exact) mass is 503 g/mol. The van der Waals surface area contributed by atoms with Crippen LogP contribution >= 0.6 is 27.7 Å². The first-order valence-corrected chi connectivity index (χ1v) is 12.3. The lowest BCUT2D eigenvalue weighted by atomic mass is 10.1. The van der Waals surface area contributed by atoms with E-state index in [0.717, 1.165) is 58.6 Å². The van der Waals surface area contributed by atoms with Crippen molar-refractivity contribution in [3.8, 4) is 0 Å². The zero-order chi connectivity index (χ0) is 22.1. The fourth-order valence-electron chi connectivity index (χ4n) is 4.10. The first-order valence-electron chi connectivity index (χ1n) is 10.6. The molecule has 1 aromatic heterocycles. The Hall–Kier alpha value is -2.06. The van der Waals surface area contributed by atoms with E-state index in [-0.39, 0.29) is 29.5 Å². The average molecular weight is 504 g/mol. The zero-order valence-corrected chi connectivity index (χ0v) is 20.2. The number of fused-ring (bicyclic) bond motifs is 1. The summed E-state index contributed by atoms with van der Waals surface area (Å²) in [4.78, 5) is 41.6. The summed E-state index contributed by atoms with van der Waals surface area (Å²) in [5, 5.41) is 0.714. The maximum absolute atomic E-state index is 12.8. The number of carbonyl (C=O) groups is 3. The molecule has 164 valence electrons. The number of hydrogen-bond donors (Lipinski definition) is 0. The van der Waals surface area contributed by atoms with Gasteiger partial charge in [0.05, 0.1) is 4.91 Å². The zero-order valence-electron chi connectivity index (χ0n) is 17.8. The van der Waals surface area contributed by atoms with Crippen LogP contribution in [0.2, 0.25) is 0 Å². The molecule has 6 nitrogen and oxygen atoms in total. The van der Waals surface area contributed by atoms with Gasteiger partial charge in [-0.25, -0.2) is 0 Å². The van der Waals surface area contributed by atoms with Crippen LogP contribution in [0, 0.1) is 5.92 Å². The molecule has 0 radical (unpaired) electrons. The molecule has 2 aliphatic heterocycles. The van der Waals surface area contributed by atoms with Gasteiger partial charge in [-0.1, -0.05) is 29.8 Å². The van der Waals surface area contributed by atoms with Gasteiger partial charge >= 0.3 is 0 Å². The number of rotatable bonds is 5. The second-order valence-electron chi connectivity index (χ2n) is 8.50. The van der Waals surface area contributed by atoms with Gasteiger partial charge in [-0.3, -0.25) is 19.3 Å². The maximum Gasteiger partial charge on any atom is 0.293 e. The molecule has 4 rings (SSSR count). The Labute approximate surface area is 194 Å². The van der Waals surface area contributed by atoms with Crippen molar-refractivity contribution in [1.82, 2.24) is 14.4 Å². The third-order valence-corrected chi connectivity index (χ3v) is 7.00. The van der Waals surface area contributed by atoms with Crippen LogP contribution in [0.1, 0.15) is 38.7 Å². The molecule has 2 aromatic rings. The molecule has 3 amide bonds.